The normalized spacial score (nSPS) is 25.3. The van der Waals surface area contributed by atoms with Gasteiger partial charge in [0.2, 0.25) is 0 Å². The van der Waals surface area contributed by atoms with Gasteiger partial charge in [-0.05, 0) is 81.1 Å². The molecule has 39 heavy (non-hydrogen) atoms. The van der Waals surface area contributed by atoms with Crippen LogP contribution in [0.25, 0.3) is 0 Å². The van der Waals surface area contributed by atoms with Gasteiger partial charge in [-0.25, -0.2) is 9.18 Å². The summed E-state index contributed by atoms with van der Waals surface area (Å²) >= 11 is 5.93. The highest BCUT2D eigenvalue weighted by molar-refractivity contribution is 6.31. The van der Waals surface area contributed by atoms with Crippen molar-refractivity contribution in [3.05, 3.63) is 58.9 Å². The van der Waals surface area contributed by atoms with Gasteiger partial charge in [0.25, 0.3) is 0 Å². The number of ether oxygens (including phenoxy) is 1. The number of alkyl halides is 3. The predicted octanol–water partition coefficient (Wildman–Crippen LogP) is 5.97. The minimum atomic E-state index is -4.73. The van der Waals surface area contributed by atoms with Gasteiger partial charge in [-0.2, -0.15) is 0 Å². The molecule has 1 heterocycles. The van der Waals surface area contributed by atoms with E-state index in [-0.39, 0.29) is 34.2 Å². The molecule has 212 valence electrons. The van der Waals surface area contributed by atoms with Gasteiger partial charge in [-0.1, -0.05) is 23.7 Å². The molecule has 2 aliphatic carbocycles. The third-order valence-electron chi connectivity index (χ3n) is 8.45. The summed E-state index contributed by atoms with van der Waals surface area (Å²) < 4.78 is 55.4. The first-order valence-electron chi connectivity index (χ1n) is 13.3. The Bertz CT molecular complexity index is 1170. The molecule has 2 aromatic rings. The number of hydrogen-bond donors (Lipinski definition) is 1. The first-order valence-corrected chi connectivity index (χ1v) is 13.7. The van der Waals surface area contributed by atoms with Crippen LogP contribution in [-0.4, -0.2) is 79.5 Å². The van der Waals surface area contributed by atoms with Crippen LogP contribution in [0.3, 0.4) is 0 Å². The quantitative estimate of drug-likeness (QED) is 0.399. The lowest BCUT2D eigenvalue weighted by atomic mass is 9.93. The molecule has 1 aliphatic heterocycles. The molecular formula is C28H33ClF4N4O2. The van der Waals surface area contributed by atoms with E-state index in [0.717, 1.165) is 64.0 Å². The lowest BCUT2D eigenvalue weighted by Crippen LogP contribution is -2.47. The van der Waals surface area contributed by atoms with Crippen molar-refractivity contribution in [2.45, 2.75) is 43.5 Å². The number of benzene rings is 2. The summed E-state index contributed by atoms with van der Waals surface area (Å²) in [5, 5.41) is 2.83. The van der Waals surface area contributed by atoms with Crippen molar-refractivity contribution < 1.29 is 27.1 Å². The minimum Gasteiger partial charge on any atom is -0.406 e. The van der Waals surface area contributed by atoms with Crippen LogP contribution in [-0.2, 0) is 5.41 Å². The number of rotatable bonds is 8. The van der Waals surface area contributed by atoms with Gasteiger partial charge in [-0.15, -0.1) is 13.2 Å². The molecule has 3 aliphatic rings. The van der Waals surface area contributed by atoms with Gasteiger partial charge < -0.3 is 24.8 Å². The first-order chi connectivity index (χ1) is 18.5. The third kappa shape index (κ3) is 6.44. The summed E-state index contributed by atoms with van der Waals surface area (Å²) in [6, 6.07) is 10.0. The standard InChI is InChI=1S/C28H33ClF4N4O2/c1-35-13-15-36(16-14-35)11-2-12-37(26(38)34-20-5-8-24(30)23(29)17-20)25-9-10-27(18-22(25)27)19-3-6-21(7-4-19)39-28(31,32)33/h3-8,17,22,25H,2,9-16,18H2,1H3,(H,34,38)/t22-,25-,27?/m1/s1. The molecule has 5 rings (SSSR count). The number of halogens is 5. The number of amides is 2. The van der Waals surface area contributed by atoms with Gasteiger partial charge in [0.05, 0.1) is 5.02 Å². The highest BCUT2D eigenvalue weighted by Crippen LogP contribution is 2.65. The van der Waals surface area contributed by atoms with E-state index in [4.69, 9.17) is 11.6 Å². The SMILES string of the molecule is CN1CCN(CCCN(C(=O)Nc2ccc(F)c(Cl)c2)[C@@H]2CCC3(c4ccc(OC(F)(F)F)cc4)C[C@H]23)CC1. The summed E-state index contributed by atoms with van der Waals surface area (Å²) in [7, 11) is 2.12. The zero-order valence-electron chi connectivity index (χ0n) is 21.8. The van der Waals surface area contributed by atoms with Crippen molar-refractivity contribution in [1.29, 1.82) is 0 Å². The highest BCUT2D eigenvalue weighted by Gasteiger charge is 2.64. The molecule has 2 aromatic carbocycles. The fourth-order valence-corrected chi connectivity index (χ4v) is 6.47. The summed E-state index contributed by atoms with van der Waals surface area (Å²) in [5.74, 6) is -0.570. The molecule has 0 radical (unpaired) electrons. The number of carbonyl (C=O) groups excluding carboxylic acids is 1. The molecule has 6 nitrogen and oxygen atoms in total. The molecule has 0 bridgehead atoms. The number of fused-ring (bicyclic) bond motifs is 1. The highest BCUT2D eigenvalue weighted by atomic mass is 35.5. The summed E-state index contributed by atoms with van der Waals surface area (Å²) in [4.78, 5) is 20.2. The number of carbonyl (C=O) groups is 1. The van der Waals surface area contributed by atoms with E-state index in [0.29, 0.717) is 12.2 Å². The fourth-order valence-electron chi connectivity index (χ4n) is 6.29. The van der Waals surface area contributed by atoms with Crippen LogP contribution in [0.4, 0.5) is 28.0 Å². The van der Waals surface area contributed by atoms with E-state index < -0.39 is 12.2 Å². The van der Waals surface area contributed by atoms with Crippen LogP contribution < -0.4 is 10.1 Å². The molecule has 11 heteroatoms. The van der Waals surface area contributed by atoms with E-state index in [9.17, 15) is 22.4 Å². The van der Waals surface area contributed by atoms with E-state index in [1.807, 2.05) is 4.90 Å². The monoisotopic (exact) mass is 568 g/mol. The summed E-state index contributed by atoms with van der Waals surface area (Å²) in [6.45, 7) is 5.51. The predicted molar refractivity (Wildman–Crippen MR) is 142 cm³/mol. The lowest BCUT2D eigenvalue weighted by molar-refractivity contribution is -0.274. The second-order valence-electron chi connectivity index (χ2n) is 10.9. The Morgan fingerprint density at radius 1 is 1.15 bits per heavy atom. The van der Waals surface area contributed by atoms with Gasteiger partial charge >= 0.3 is 12.4 Å². The largest absolute Gasteiger partial charge is 0.573 e. The average Bonchev–Trinajstić information content (AvgIpc) is 3.50. The van der Waals surface area contributed by atoms with Crippen LogP contribution in [0.1, 0.15) is 31.2 Å². The Labute approximate surface area is 230 Å². The molecule has 2 saturated carbocycles. The smallest absolute Gasteiger partial charge is 0.406 e. The molecule has 3 fully saturated rings. The van der Waals surface area contributed by atoms with Gasteiger partial charge in [0.15, 0.2) is 0 Å². The molecule has 1 saturated heterocycles. The maximum atomic E-state index is 13.6. The van der Waals surface area contributed by atoms with Crippen molar-refractivity contribution >= 4 is 23.3 Å². The van der Waals surface area contributed by atoms with E-state index in [1.165, 1.54) is 30.3 Å². The lowest BCUT2D eigenvalue weighted by Gasteiger charge is -2.34. The average molecular weight is 569 g/mol. The fraction of sp³-hybridized carbons (Fsp3) is 0.536. The Kier molecular flexibility index (Phi) is 7.99. The summed E-state index contributed by atoms with van der Waals surface area (Å²) in [5.41, 5.74) is 1.26. The second-order valence-corrected chi connectivity index (χ2v) is 11.3. The van der Waals surface area contributed by atoms with Crippen LogP contribution in [0.5, 0.6) is 5.75 Å². The van der Waals surface area contributed by atoms with Gasteiger partial charge in [-0.3, -0.25) is 0 Å². The van der Waals surface area contributed by atoms with Gasteiger partial charge in [0.1, 0.15) is 11.6 Å². The number of anilines is 1. The number of urea groups is 1. The van der Waals surface area contributed by atoms with Crippen LogP contribution in [0, 0.1) is 11.7 Å². The van der Waals surface area contributed by atoms with Crippen LogP contribution >= 0.6 is 11.6 Å². The van der Waals surface area contributed by atoms with Crippen molar-refractivity contribution in [3.8, 4) is 5.75 Å². The number of piperazine rings is 1. The van der Waals surface area contributed by atoms with Crippen LogP contribution in [0.15, 0.2) is 42.5 Å². The zero-order chi connectivity index (χ0) is 27.8. The molecule has 0 spiro atoms. The Balaban J connectivity index is 1.28. The van der Waals surface area contributed by atoms with Crippen LogP contribution in [0.2, 0.25) is 5.02 Å². The molecule has 1 N–H and O–H groups in total. The molecule has 1 unspecified atom stereocenters. The van der Waals surface area contributed by atoms with Crippen molar-refractivity contribution in [2.24, 2.45) is 5.92 Å². The van der Waals surface area contributed by atoms with E-state index in [2.05, 4.69) is 26.9 Å². The first kappa shape index (κ1) is 28.0. The van der Waals surface area contributed by atoms with Crippen molar-refractivity contribution in [2.75, 3.05) is 51.6 Å². The third-order valence-corrected chi connectivity index (χ3v) is 8.74. The molecule has 0 aromatic heterocycles. The number of nitrogens with one attached hydrogen (secondary N) is 1. The summed E-state index contributed by atoms with van der Waals surface area (Å²) in [6.07, 6.45) is -1.38. The number of nitrogens with zero attached hydrogens (tertiary/aromatic N) is 3. The minimum absolute atomic E-state index is 0.000453. The Morgan fingerprint density at radius 3 is 2.51 bits per heavy atom. The topological polar surface area (TPSA) is 48.0 Å². The molecular weight excluding hydrogens is 536 g/mol. The van der Waals surface area contributed by atoms with Gasteiger partial charge in [0, 0.05) is 49.9 Å². The molecule has 3 atom stereocenters. The number of likely N-dealkylation sites (N-methyl/N-ethyl adjacent to an activating group) is 1. The maximum absolute atomic E-state index is 13.6. The molecule has 2 amide bonds. The van der Waals surface area contributed by atoms with Crippen molar-refractivity contribution in [1.82, 2.24) is 14.7 Å². The maximum Gasteiger partial charge on any atom is 0.573 e. The van der Waals surface area contributed by atoms with Crippen molar-refractivity contribution in [3.63, 3.8) is 0 Å². The van der Waals surface area contributed by atoms with E-state index >= 15 is 0 Å². The number of hydrogen-bond acceptors (Lipinski definition) is 4. The zero-order valence-corrected chi connectivity index (χ0v) is 22.6. The van der Waals surface area contributed by atoms with E-state index in [1.54, 1.807) is 12.1 Å². The second kappa shape index (κ2) is 11.1. The Hall–Kier alpha value is -2.56. The Morgan fingerprint density at radius 2 is 1.87 bits per heavy atom.